The summed E-state index contributed by atoms with van der Waals surface area (Å²) in [4.78, 5) is 12.3. The molecule has 5 heteroatoms. The highest BCUT2D eigenvalue weighted by atomic mass is 32.2. The molecule has 0 saturated heterocycles. The van der Waals surface area contributed by atoms with E-state index in [0.717, 1.165) is 29.3 Å². The molecule has 0 aliphatic heterocycles. The Bertz CT molecular complexity index is 655. The van der Waals surface area contributed by atoms with Gasteiger partial charge in [0.1, 0.15) is 11.5 Å². The van der Waals surface area contributed by atoms with E-state index < -0.39 is 0 Å². The minimum atomic E-state index is 0.0361. The topological polar surface area (TPSA) is 47.6 Å². The Labute approximate surface area is 166 Å². The molecule has 5 rings (SSSR count). The van der Waals surface area contributed by atoms with E-state index in [2.05, 4.69) is 5.32 Å². The molecule has 0 atom stereocenters. The molecule has 1 N–H and O–H groups in total. The minimum Gasteiger partial charge on any atom is -0.497 e. The molecule has 4 fully saturated rings. The van der Waals surface area contributed by atoms with Crippen molar-refractivity contribution in [3.8, 4) is 11.5 Å². The van der Waals surface area contributed by atoms with Crippen LogP contribution in [0.25, 0.3) is 0 Å². The van der Waals surface area contributed by atoms with Crippen molar-refractivity contribution in [3.63, 3.8) is 0 Å². The average molecular weight is 390 g/mol. The van der Waals surface area contributed by atoms with Crippen LogP contribution in [0.3, 0.4) is 0 Å². The molecule has 0 radical (unpaired) electrons. The van der Waals surface area contributed by atoms with Gasteiger partial charge < -0.3 is 14.8 Å². The highest BCUT2D eigenvalue weighted by Crippen LogP contribution is 2.61. The Morgan fingerprint density at radius 2 is 1.78 bits per heavy atom. The molecular weight excluding hydrogens is 358 g/mol. The number of benzene rings is 1. The molecule has 148 valence electrons. The highest BCUT2D eigenvalue weighted by Gasteiger charge is 2.50. The van der Waals surface area contributed by atoms with E-state index in [1.165, 1.54) is 44.9 Å². The summed E-state index contributed by atoms with van der Waals surface area (Å²) in [6.45, 7) is 0. The molecule has 1 amide bonds. The molecule has 0 spiro atoms. The molecule has 4 bridgehead atoms. The fourth-order valence-corrected chi connectivity index (χ4v) is 7.12. The molecule has 4 aliphatic carbocycles. The van der Waals surface area contributed by atoms with Gasteiger partial charge in [-0.1, -0.05) is 0 Å². The van der Waals surface area contributed by atoms with Crippen molar-refractivity contribution in [2.75, 3.05) is 31.0 Å². The predicted octanol–water partition coefficient (Wildman–Crippen LogP) is 4.98. The van der Waals surface area contributed by atoms with Crippen molar-refractivity contribution in [1.29, 1.82) is 0 Å². The van der Waals surface area contributed by atoms with Crippen LogP contribution >= 0.6 is 11.8 Å². The first kappa shape index (κ1) is 19.0. The van der Waals surface area contributed by atoms with Crippen LogP contribution in [0.5, 0.6) is 11.5 Å². The van der Waals surface area contributed by atoms with Gasteiger partial charge in [-0.15, -0.1) is 0 Å². The number of methoxy groups -OCH3 is 2. The maximum atomic E-state index is 12.3. The van der Waals surface area contributed by atoms with Crippen LogP contribution < -0.4 is 14.8 Å². The molecular formula is C22H31NO3S. The molecule has 1 aromatic rings. The Kier molecular flexibility index (Phi) is 5.58. The summed E-state index contributed by atoms with van der Waals surface area (Å²) < 4.78 is 10.6. The van der Waals surface area contributed by atoms with Crippen LogP contribution in [0, 0.1) is 23.2 Å². The first-order valence-corrected chi connectivity index (χ1v) is 11.3. The summed E-state index contributed by atoms with van der Waals surface area (Å²) in [5.74, 6) is 6.00. The predicted molar refractivity (Wildman–Crippen MR) is 111 cm³/mol. The molecule has 0 heterocycles. The van der Waals surface area contributed by atoms with Crippen molar-refractivity contribution in [2.45, 2.75) is 44.9 Å². The van der Waals surface area contributed by atoms with Crippen molar-refractivity contribution >= 4 is 23.4 Å². The number of carbonyl (C=O) groups excluding carboxylic acids is 1. The maximum absolute atomic E-state index is 12.3. The van der Waals surface area contributed by atoms with Gasteiger partial charge in [0.25, 0.3) is 0 Å². The van der Waals surface area contributed by atoms with Gasteiger partial charge in [0.2, 0.25) is 5.91 Å². The second-order valence-electron chi connectivity index (χ2n) is 8.83. The quantitative estimate of drug-likeness (QED) is 0.637. The van der Waals surface area contributed by atoms with Crippen molar-refractivity contribution < 1.29 is 14.3 Å². The van der Waals surface area contributed by atoms with Gasteiger partial charge in [-0.3, -0.25) is 4.79 Å². The van der Waals surface area contributed by atoms with Crippen LogP contribution in [0.15, 0.2) is 18.2 Å². The number of rotatable bonds is 8. The third-order valence-corrected chi connectivity index (χ3v) is 7.82. The van der Waals surface area contributed by atoms with E-state index in [1.807, 2.05) is 12.1 Å². The number of nitrogens with one attached hydrogen (secondary N) is 1. The second-order valence-corrected chi connectivity index (χ2v) is 9.94. The summed E-state index contributed by atoms with van der Waals surface area (Å²) in [5, 5.41) is 2.97. The molecule has 0 unspecified atom stereocenters. The molecule has 4 saturated carbocycles. The largest absolute Gasteiger partial charge is 0.497 e. The van der Waals surface area contributed by atoms with E-state index in [1.54, 1.807) is 32.0 Å². The van der Waals surface area contributed by atoms with Crippen molar-refractivity contribution in [1.82, 2.24) is 0 Å². The number of anilines is 1. The van der Waals surface area contributed by atoms with Gasteiger partial charge >= 0.3 is 0 Å². The third-order valence-electron chi connectivity index (χ3n) is 6.86. The first-order chi connectivity index (χ1) is 13.1. The maximum Gasteiger partial charge on any atom is 0.234 e. The summed E-state index contributed by atoms with van der Waals surface area (Å²) in [6, 6.07) is 5.45. The number of hydrogen-bond donors (Lipinski definition) is 1. The monoisotopic (exact) mass is 389 g/mol. The zero-order valence-corrected chi connectivity index (χ0v) is 17.3. The first-order valence-electron chi connectivity index (χ1n) is 10.2. The van der Waals surface area contributed by atoms with Crippen LogP contribution in [0.2, 0.25) is 0 Å². The van der Waals surface area contributed by atoms with E-state index in [9.17, 15) is 4.79 Å². The van der Waals surface area contributed by atoms with E-state index in [4.69, 9.17) is 9.47 Å². The van der Waals surface area contributed by atoms with Crippen molar-refractivity contribution in [2.24, 2.45) is 23.2 Å². The number of thioether (sulfide) groups is 1. The van der Waals surface area contributed by atoms with Crippen molar-refractivity contribution in [3.05, 3.63) is 18.2 Å². The molecule has 4 nitrogen and oxygen atoms in total. The number of ether oxygens (including phenoxy) is 2. The lowest BCUT2D eigenvalue weighted by Crippen LogP contribution is -2.46. The lowest BCUT2D eigenvalue weighted by Gasteiger charge is -2.57. The van der Waals surface area contributed by atoms with Gasteiger partial charge in [0, 0.05) is 6.07 Å². The number of hydrogen-bond acceptors (Lipinski definition) is 4. The van der Waals surface area contributed by atoms with E-state index in [0.29, 0.717) is 22.6 Å². The van der Waals surface area contributed by atoms with Crippen LogP contribution in [-0.2, 0) is 4.79 Å². The fraction of sp³-hybridized carbons (Fsp3) is 0.682. The summed E-state index contributed by atoms with van der Waals surface area (Å²) >= 11 is 1.77. The van der Waals surface area contributed by atoms with Gasteiger partial charge in [-0.25, -0.2) is 0 Å². The lowest BCUT2D eigenvalue weighted by atomic mass is 9.49. The van der Waals surface area contributed by atoms with E-state index >= 15 is 0 Å². The fourth-order valence-electron chi connectivity index (χ4n) is 6.14. The normalized spacial score (nSPS) is 31.0. The summed E-state index contributed by atoms with van der Waals surface area (Å²) in [5.41, 5.74) is 1.31. The minimum absolute atomic E-state index is 0.0361. The Hall–Kier alpha value is -1.36. The van der Waals surface area contributed by atoms with Gasteiger partial charge in [0.15, 0.2) is 0 Å². The van der Waals surface area contributed by atoms with Crippen LogP contribution in [-0.4, -0.2) is 31.6 Å². The zero-order chi connectivity index (χ0) is 18.9. The molecule has 27 heavy (non-hydrogen) atoms. The van der Waals surface area contributed by atoms with E-state index in [-0.39, 0.29) is 5.91 Å². The molecule has 0 aromatic heterocycles. The second kappa shape index (κ2) is 7.94. The van der Waals surface area contributed by atoms with Crippen LogP contribution in [0.1, 0.15) is 44.9 Å². The number of carbonyl (C=O) groups is 1. The standard InChI is InChI=1S/C22H31NO3S/c1-25-18-3-4-19(20(10-18)26-2)23-21(24)14-27-6-5-22-11-15-7-16(12-22)9-17(8-15)13-22/h3-4,10,15-17H,5-9,11-14H2,1-2H3,(H,23,24). The third kappa shape index (κ3) is 4.23. The average Bonchev–Trinajstić information content (AvgIpc) is 2.64. The Morgan fingerprint density at radius 3 is 2.37 bits per heavy atom. The molecule has 1 aromatic carbocycles. The summed E-state index contributed by atoms with van der Waals surface area (Å²) in [7, 11) is 3.22. The number of amides is 1. The van der Waals surface area contributed by atoms with Crippen LogP contribution in [0.4, 0.5) is 5.69 Å². The van der Waals surface area contributed by atoms with Gasteiger partial charge in [0.05, 0.1) is 25.7 Å². The molecule has 4 aliphatic rings. The van der Waals surface area contributed by atoms with Gasteiger partial charge in [-0.05, 0) is 86.0 Å². The zero-order valence-electron chi connectivity index (χ0n) is 16.5. The smallest absolute Gasteiger partial charge is 0.234 e. The highest BCUT2D eigenvalue weighted by molar-refractivity contribution is 7.99. The van der Waals surface area contributed by atoms with Gasteiger partial charge in [-0.2, -0.15) is 11.8 Å². The Morgan fingerprint density at radius 1 is 1.11 bits per heavy atom. The Balaban J connectivity index is 1.23. The SMILES string of the molecule is COc1ccc(NC(=O)CSCCC23CC4CC(CC(C4)C2)C3)c(OC)c1. The summed E-state index contributed by atoms with van der Waals surface area (Å²) in [6.07, 6.45) is 10.1. The lowest BCUT2D eigenvalue weighted by molar-refractivity contribution is -0.113.